The molecule has 0 aliphatic heterocycles. The quantitative estimate of drug-likeness (QED) is 0.494. The summed E-state index contributed by atoms with van der Waals surface area (Å²) in [5.41, 5.74) is 2.48. The van der Waals surface area contributed by atoms with Crippen LogP contribution in [-0.4, -0.2) is 9.55 Å². The first-order valence-corrected chi connectivity index (χ1v) is 7.81. The molecule has 2 heterocycles. The van der Waals surface area contributed by atoms with Crippen LogP contribution < -0.4 is 41.1 Å². The molecule has 0 bridgehead atoms. The summed E-state index contributed by atoms with van der Waals surface area (Å²) >= 11 is 11.5. The summed E-state index contributed by atoms with van der Waals surface area (Å²) in [6, 6.07) is 10.1. The number of benzene rings is 2. The zero-order valence-electron chi connectivity index (χ0n) is 14.5. The predicted molar refractivity (Wildman–Crippen MR) is 94.1 cm³/mol. The summed E-state index contributed by atoms with van der Waals surface area (Å²) in [7, 11) is 0. The van der Waals surface area contributed by atoms with E-state index >= 15 is 0 Å². The number of H-pyrrole nitrogens is 1. The van der Waals surface area contributed by atoms with Crippen molar-refractivity contribution in [1.82, 2.24) is 9.55 Å². The van der Waals surface area contributed by atoms with E-state index in [1.807, 2.05) is 6.92 Å². The molecule has 0 spiro atoms. The number of fused-ring (bicyclic) bond motifs is 2. The van der Waals surface area contributed by atoms with E-state index in [-0.39, 0.29) is 36.7 Å². The van der Waals surface area contributed by atoms with Crippen LogP contribution in [0.2, 0.25) is 10.0 Å². The van der Waals surface area contributed by atoms with Gasteiger partial charge in [-0.1, -0.05) is 23.2 Å². The second-order valence-corrected chi connectivity index (χ2v) is 5.75. The number of aryl methyl sites for hydroxylation is 1. The summed E-state index contributed by atoms with van der Waals surface area (Å²) < 4.78 is 11.3. The molecule has 4 rings (SSSR count). The molecule has 0 saturated heterocycles. The van der Waals surface area contributed by atoms with Gasteiger partial charge in [0.15, 0.2) is 11.2 Å². The number of aromatic nitrogens is 2. The third-order valence-corrected chi connectivity index (χ3v) is 3.80. The Bertz CT molecular complexity index is 1130. The number of hydrogen-bond donors (Lipinski definition) is 1. The Kier molecular flexibility index (Phi) is 6.59. The fourth-order valence-corrected chi connectivity index (χ4v) is 2.60. The number of aromatic amines is 1. The summed E-state index contributed by atoms with van der Waals surface area (Å²) in [6.45, 7) is 2.48. The molecule has 9 heteroatoms. The Morgan fingerprint density at radius 3 is 2.36 bits per heavy atom. The van der Waals surface area contributed by atoms with Crippen LogP contribution in [0.3, 0.4) is 0 Å². The maximum atomic E-state index is 11.2. The Hall–Kier alpha value is -1.44. The molecule has 126 valence electrons. The van der Waals surface area contributed by atoms with Crippen LogP contribution in [0.15, 0.2) is 54.8 Å². The largest absolute Gasteiger partial charge is 1.00 e. The molecule has 0 radical (unpaired) electrons. The molecular weight excluding hydrogens is 378 g/mol. The Balaban J connectivity index is 0.000000244. The molecule has 0 saturated carbocycles. The molecule has 0 amide bonds. The Morgan fingerprint density at radius 1 is 1.04 bits per heavy atom. The van der Waals surface area contributed by atoms with Gasteiger partial charge in [-0.2, -0.15) is 0 Å². The van der Waals surface area contributed by atoms with E-state index in [2.05, 4.69) is 4.98 Å². The molecule has 0 unspecified atom stereocenters. The molecule has 25 heavy (non-hydrogen) atoms. The van der Waals surface area contributed by atoms with Crippen LogP contribution in [0.4, 0.5) is 0 Å². The molecule has 2 aromatic carbocycles. The second kappa shape index (κ2) is 8.29. The summed E-state index contributed by atoms with van der Waals surface area (Å²) in [4.78, 5) is 24.4. The van der Waals surface area contributed by atoms with Gasteiger partial charge in [0.1, 0.15) is 0 Å². The maximum Gasteiger partial charge on any atom is 1.00 e. The van der Waals surface area contributed by atoms with E-state index in [0.717, 1.165) is 5.52 Å². The first kappa shape index (κ1) is 19.9. The van der Waals surface area contributed by atoms with Crippen LogP contribution in [-0.2, 0) is 6.54 Å². The van der Waals surface area contributed by atoms with E-state index in [1.54, 1.807) is 41.0 Å². The summed E-state index contributed by atoms with van der Waals surface area (Å²) in [5, 5.41) is 1.19. The zero-order valence-corrected chi connectivity index (χ0v) is 17.0. The van der Waals surface area contributed by atoms with Crippen LogP contribution in [0, 0.1) is 0 Å². The number of hydrogen-bond acceptors (Lipinski definition) is 4. The van der Waals surface area contributed by atoms with Gasteiger partial charge in [0.25, 0.3) is 0 Å². The van der Waals surface area contributed by atoms with Crippen LogP contribution in [0.1, 0.15) is 8.35 Å². The Labute approximate surface area is 175 Å². The normalized spacial score (nSPS) is 10.4. The van der Waals surface area contributed by atoms with Gasteiger partial charge in [-0.05, 0) is 43.3 Å². The minimum Gasteiger partial charge on any atom is -1.00 e. The fourth-order valence-electron chi connectivity index (χ4n) is 2.26. The number of halogens is 2. The maximum absolute atomic E-state index is 11.2. The van der Waals surface area contributed by atoms with Gasteiger partial charge in [0.2, 0.25) is 0 Å². The topological polar surface area (TPSA) is 81.1 Å². The van der Waals surface area contributed by atoms with E-state index in [9.17, 15) is 9.59 Å². The van der Waals surface area contributed by atoms with Crippen molar-refractivity contribution in [2.45, 2.75) is 13.5 Å². The van der Waals surface area contributed by atoms with Crippen molar-refractivity contribution in [1.29, 1.82) is 0 Å². The van der Waals surface area contributed by atoms with Crippen LogP contribution >= 0.6 is 23.2 Å². The van der Waals surface area contributed by atoms with Crippen molar-refractivity contribution < 1.29 is 39.8 Å². The number of nitrogens with one attached hydrogen (secondary N) is 1. The SMILES string of the molecule is CCn1c(=O)oc2ccc(Cl)cc21.O=c1[nH]c2cc(Cl)ccc2o1.[H-].[Na+]. The van der Waals surface area contributed by atoms with Crippen molar-refractivity contribution in [2.24, 2.45) is 0 Å². The molecule has 1 N–H and O–H groups in total. The molecule has 2 aromatic heterocycles. The van der Waals surface area contributed by atoms with Gasteiger partial charge >= 0.3 is 41.1 Å². The van der Waals surface area contributed by atoms with Crippen molar-refractivity contribution in [2.75, 3.05) is 0 Å². The molecule has 4 aromatic rings. The van der Waals surface area contributed by atoms with E-state index in [1.165, 1.54) is 0 Å². The number of nitrogens with zero attached hydrogens (tertiary/aromatic N) is 1. The molecule has 0 fully saturated rings. The third-order valence-electron chi connectivity index (χ3n) is 3.33. The monoisotopic (exact) mass is 390 g/mol. The average molecular weight is 391 g/mol. The molecule has 0 atom stereocenters. The van der Waals surface area contributed by atoms with Crippen LogP contribution in [0.25, 0.3) is 22.2 Å². The molecule has 6 nitrogen and oxygen atoms in total. The summed E-state index contributed by atoms with van der Waals surface area (Å²) in [6.07, 6.45) is 0. The third kappa shape index (κ3) is 4.40. The van der Waals surface area contributed by atoms with Crippen molar-refractivity contribution in [3.05, 3.63) is 67.5 Å². The number of rotatable bonds is 1. The standard InChI is InChI=1S/C9H8ClNO2.C7H4ClNO2.Na.H/c1-2-11-7-5-6(10)3-4-8(7)13-9(11)12;8-4-1-2-6-5(3-4)9-7(10)11-6;;/h3-5H,2H2,1H3;1-3H,(H,9,10);;/q;;+1;-1. The van der Waals surface area contributed by atoms with E-state index in [0.29, 0.717) is 33.3 Å². The molecule has 0 aliphatic rings. The molecule has 0 aliphatic carbocycles. The van der Waals surface area contributed by atoms with Gasteiger partial charge in [0.05, 0.1) is 11.0 Å². The van der Waals surface area contributed by atoms with Crippen molar-refractivity contribution in [3.8, 4) is 0 Å². The first-order chi connectivity index (χ1) is 11.5. The average Bonchev–Trinajstić information content (AvgIpc) is 3.05. The van der Waals surface area contributed by atoms with Gasteiger partial charge in [0, 0.05) is 16.6 Å². The van der Waals surface area contributed by atoms with E-state index in [4.69, 9.17) is 32.0 Å². The van der Waals surface area contributed by atoms with E-state index < -0.39 is 5.76 Å². The van der Waals surface area contributed by atoms with Crippen LogP contribution in [0.5, 0.6) is 0 Å². The zero-order chi connectivity index (χ0) is 17.3. The van der Waals surface area contributed by atoms with Gasteiger partial charge in [-0.15, -0.1) is 0 Å². The van der Waals surface area contributed by atoms with Gasteiger partial charge in [-0.3, -0.25) is 9.55 Å². The smallest absolute Gasteiger partial charge is 1.00 e. The minimum absolute atomic E-state index is 0. The predicted octanol–water partition coefficient (Wildman–Crippen LogP) is 1.16. The minimum atomic E-state index is -0.456. The summed E-state index contributed by atoms with van der Waals surface area (Å²) in [5.74, 6) is -0.790. The number of oxazole rings is 2. The van der Waals surface area contributed by atoms with Crippen molar-refractivity contribution in [3.63, 3.8) is 0 Å². The van der Waals surface area contributed by atoms with Gasteiger partial charge < -0.3 is 10.3 Å². The van der Waals surface area contributed by atoms with Gasteiger partial charge in [-0.25, -0.2) is 9.59 Å². The second-order valence-electron chi connectivity index (χ2n) is 4.88. The fraction of sp³-hybridized carbons (Fsp3) is 0.125. The van der Waals surface area contributed by atoms with Crippen molar-refractivity contribution >= 4 is 45.4 Å². The Morgan fingerprint density at radius 2 is 1.68 bits per heavy atom. The first-order valence-electron chi connectivity index (χ1n) is 7.05. The molecular formula is C16H13Cl2N2NaO4.